The van der Waals surface area contributed by atoms with Crippen molar-refractivity contribution in [1.29, 1.82) is 0 Å². The molecule has 1 aromatic heterocycles. The quantitative estimate of drug-likeness (QED) is 0.222. The molecule has 1 amide bonds. The van der Waals surface area contributed by atoms with Gasteiger partial charge in [0, 0.05) is 30.5 Å². The van der Waals surface area contributed by atoms with E-state index in [1.54, 1.807) is 18.5 Å². The van der Waals surface area contributed by atoms with Gasteiger partial charge in [-0.2, -0.15) is 0 Å². The van der Waals surface area contributed by atoms with E-state index in [0.717, 1.165) is 59.2 Å². The van der Waals surface area contributed by atoms with E-state index in [2.05, 4.69) is 67.5 Å². The molecule has 2 unspecified atom stereocenters. The van der Waals surface area contributed by atoms with Crippen molar-refractivity contribution in [1.82, 2.24) is 9.88 Å². The standard InChI is InChI=1S/C34H36N2O2/c1-4-11-28(5-2)33(38-25-27-20-22-35-23-21-27)29-18-16-26(17-19-29)12-7-9-14-31(6-3)36-24-30-13-8-10-15-32(30)34(36)37/h4-5,7-8,10-13,15-23,31,33H,1-2,6,9,14,24-25H2,3H3/b12-7+,28-11+. The molecule has 4 rings (SSSR count). The Bertz CT molecular complexity index is 1290. The third-order valence-electron chi connectivity index (χ3n) is 6.99. The Balaban J connectivity index is 1.37. The molecule has 0 saturated carbocycles. The number of aromatic nitrogens is 1. The smallest absolute Gasteiger partial charge is 0.254 e. The van der Waals surface area contributed by atoms with Crippen molar-refractivity contribution in [3.05, 3.63) is 144 Å². The number of nitrogens with zero attached hydrogens (tertiary/aromatic N) is 2. The highest BCUT2D eigenvalue weighted by molar-refractivity contribution is 5.98. The van der Waals surface area contributed by atoms with Crippen LogP contribution in [0.4, 0.5) is 0 Å². The number of hydrogen-bond donors (Lipinski definition) is 0. The third kappa shape index (κ3) is 6.64. The van der Waals surface area contributed by atoms with Crippen LogP contribution in [0.1, 0.15) is 64.9 Å². The number of amides is 1. The van der Waals surface area contributed by atoms with Gasteiger partial charge in [-0.15, -0.1) is 0 Å². The Morgan fingerprint density at radius 3 is 2.53 bits per heavy atom. The summed E-state index contributed by atoms with van der Waals surface area (Å²) < 4.78 is 6.31. The van der Waals surface area contributed by atoms with Gasteiger partial charge in [0.05, 0.1) is 6.61 Å². The van der Waals surface area contributed by atoms with Crippen molar-refractivity contribution >= 4 is 12.0 Å². The third-order valence-corrected chi connectivity index (χ3v) is 6.99. The summed E-state index contributed by atoms with van der Waals surface area (Å²) in [6.07, 6.45) is 16.0. The normalized spacial score (nSPS) is 14.9. The minimum absolute atomic E-state index is 0.164. The average molecular weight is 505 g/mol. The zero-order chi connectivity index (χ0) is 26.7. The summed E-state index contributed by atoms with van der Waals surface area (Å²) in [5.74, 6) is 0.164. The molecule has 0 N–H and O–H groups in total. The highest BCUT2D eigenvalue weighted by atomic mass is 16.5. The fourth-order valence-corrected chi connectivity index (χ4v) is 4.88. The molecular weight excluding hydrogens is 468 g/mol. The van der Waals surface area contributed by atoms with Crippen LogP contribution < -0.4 is 0 Å². The van der Waals surface area contributed by atoms with Gasteiger partial charge in [-0.05, 0) is 65.3 Å². The van der Waals surface area contributed by atoms with E-state index in [1.165, 1.54) is 0 Å². The Hall–Kier alpha value is -4.02. The molecule has 2 atom stereocenters. The fourth-order valence-electron chi connectivity index (χ4n) is 4.88. The first-order chi connectivity index (χ1) is 18.6. The number of pyridine rings is 1. The predicted molar refractivity (Wildman–Crippen MR) is 155 cm³/mol. The topological polar surface area (TPSA) is 42.4 Å². The molecule has 2 heterocycles. The lowest BCUT2D eigenvalue weighted by molar-refractivity contribution is 0.0662. The molecule has 38 heavy (non-hydrogen) atoms. The number of carbonyl (C=O) groups excluding carboxylic acids is 1. The van der Waals surface area contributed by atoms with E-state index in [1.807, 2.05) is 47.4 Å². The van der Waals surface area contributed by atoms with Crippen molar-refractivity contribution < 1.29 is 9.53 Å². The van der Waals surface area contributed by atoms with Crippen molar-refractivity contribution in [2.45, 2.75) is 51.5 Å². The lowest BCUT2D eigenvalue weighted by Gasteiger charge is -2.26. The van der Waals surface area contributed by atoms with E-state index in [0.29, 0.717) is 6.61 Å². The minimum atomic E-state index is -0.246. The van der Waals surface area contributed by atoms with Gasteiger partial charge in [-0.3, -0.25) is 9.78 Å². The monoisotopic (exact) mass is 504 g/mol. The molecule has 1 aliphatic rings. The molecule has 4 nitrogen and oxygen atoms in total. The second kappa shape index (κ2) is 13.5. The zero-order valence-corrected chi connectivity index (χ0v) is 22.1. The van der Waals surface area contributed by atoms with E-state index < -0.39 is 0 Å². The average Bonchev–Trinajstić information content (AvgIpc) is 3.30. The fraction of sp³-hybridized carbons (Fsp3) is 0.235. The molecule has 0 spiro atoms. The van der Waals surface area contributed by atoms with Crippen LogP contribution in [-0.2, 0) is 17.9 Å². The second-order valence-electron chi connectivity index (χ2n) is 9.45. The molecule has 1 aliphatic heterocycles. The van der Waals surface area contributed by atoms with Crippen LogP contribution in [-0.4, -0.2) is 21.8 Å². The summed E-state index contributed by atoms with van der Waals surface area (Å²) in [7, 11) is 0. The predicted octanol–water partition coefficient (Wildman–Crippen LogP) is 7.87. The van der Waals surface area contributed by atoms with Crippen LogP contribution in [0.5, 0.6) is 0 Å². The van der Waals surface area contributed by atoms with Crippen molar-refractivity contribution in [3.63, 3.8) is 0 Å². The van der Waals surface area contributed by atoms with Crippen molar-refractivity contribution in [3.8, 4) is 0 Å². The number of ether oxygens (including phenoxy) is 1. The van der Waals surface area contributed by atoms with Crippen molar-refractivity contribution in [2.24, 2.45) is 0 Å². The zero-order valence-electron chi connectivity index (χ0n) is 22.1. The van der Waals surface area contributed by atoms with Gasteiger partial charge in [-0.1, -0.05) is 92.9 Å². The first-order valence-corrected chi connectivity index (χ1v) is 13.3. The summed E-state index contributed by atoms with van der Waals surface area (Å²) in [5, 5.41) is 0. The summed E-state index contributed by atoms with van der Waals surface area (Å²) in [4.78, 5) is 19.0. The number of carbonyl (C=O) groups is 1. The van der Waals surface area contributed by atoms with E-state index in [-0.39, 0.29) is 18.1 Å². The molecule has 4 heteroatoms. The SMILES string of the molecule is C=C/C=C(\C=C)C(OCc1ccncc1)c1ccc(/C=C/CCC(CC)N2Cc3ccccc3C2=O)cc1. The first-order valence-electron chi connectivity index (χ1n) is 13.3. The van der Waals surface area contributed by atoms with E-state index >= 15 is 0 Å². The molecule has 0 fully saturated rings. The summed E-state index contributed by atoms with van der Waals surface area (Å²) in [5.41, 5.74) is 6.21. The Morgan fingerprint density at radius 2 is 1.84 bits per heavy atom. The molecule has 0 aliphatic carbocycles. The number of fused-ring (bicyclic) bond motifs is 1. The lowest BCUT2D eigenvalue weighted by atomic mass is 9.99. The maximum atomic E-state index is 12.9. The highest BCUT2D eigenvalue weighted by Crippen LogP contribution is 2.29. The van der Waals surface area contributed by atoms with Crippen LogP contribution >= 0.6 is 0 Å². The molecule has 2 aromatic carbocycles. The maximum absolute atomic E-state index is 12.9. The number of allylic oxidation sites excluding steroid dienone is 3. The Kier molecular flexibility index (Phi) is 9.60. The van der Waals surface area contributed by atoms with Crippen LogP contribution in [0.25, 0.3) is 6.08 Å². The van der Waals surface area contributed by atoms with Crippen LogP contribution in [0.15, 0.2) is 116 Å². The van der Waals surface area contributed by atoms with Crippen LogP contribution in [0.2, 0.25) is 0 Å². The molecular formula is C34H36N2O2. The number of rotatable bonds is 13. The minimum Gasteiger partial charge on any atom is -0.364 e. The van der Waals surface area contributed by atoms with Crippen molar-refractivity contribution in [2.75, 3.05) is 0 Å². The van der Waals surface area contributed by atoms with Crippen LogP contribution in [0.3, 0.4) is 0 Å². The molecule has 0 radical (unpaired) electrons. The van der Waals surface area contributed by atoms with Gasteiger partial charge in [0.25, 0.3) is 5.91 Å². The van der Waals surface area contributed by atoms with Gasteiger partial charge in [0.15, 0.2) is 0 Å². The van der Waals surface area contributed by atoms with Crippen LogP contribution in [0, 0.1) is 0 Å². The van der Waals surface area contributed by atoms with Gasteiger partial charge in [0.1, 0.15) is 6.10 Å². The van der Waals surface area contributed by atoms with Gasteiger partial charge in [-0.25, -0.2) is 0 Å². The molecule has 0 bridgehead atoms. The Morgan fingerprint density at radius 1 is 1.08 bits per heavy atom. The summed E-state index contributed by atoms with van der Waals surface area (Å²) in [6, 6.07) is 20.5. The number of hydrogen-bond acceptors (Lipinski definition) is 3. The Labute approximate surface area is 226 Å². The van der Waals surface area contributed by atoms with E-state index in [9.17, 15) is 4.79 Å². The number of benzene rings is 2. The largest absolute Gasteiger partial charge is 0.364 e. The summed E-state index contributed by atoms with van der Waals surface area (Å²) >= 11 is 0. The van der Waals surface area contributed by atoms with Gasteiger partial charge >= 0.3 is 0 Å². The lowest BCUT2D eigenvalue weighted by Crippen LogP contribution is -2.35. The molecule has 3 aromatic rings. The molecule has 194 valence electrons. The van der Waals surface area contributed by atoms with Gasteiger partial charge in [0.2, 0.25) is 0 Å². The second-order valence-corrected chi connectivity index (χ2v) is 9.45. The van der Waals surface area contributed by atoms with E-state index in [4.69, 9.17) is 4.74 Å². The summed E-state index contributed by atoms with van der Waals surface area (Å²) in [6.45, 7) is 11.2. The van der Waals surface area contributed by atoms with Gasteiger partial charge < -0.3 is 9.64 Å². The molecule has 0 saturated heterocycles. The first kappa shape index (κ1) is 27.0. The highest BCUT2D eigenvalue weighted by Gasteiger charge is 2.31. The maximum Gasteiger partial charge on any atom is 0.254 e.